The van der Waals surface area contributed by atoms with Crippen molar-refractivity contribution in [3.63, 3.8) is 0 Å². The lowest BCUT2D eigenvalue weighted by Crippen LogP contribution is -2.17. The summed E-state index contributed by atoms with van der Waals surface area (Å²) >= 11 is 5.56. The van der Waals surface area contributed by atoms with Gasteiger partial charge in [-0.1, -0.05) is 20.8 Å². The summed E-state index contributed by atoms with van der Waals surface area (Å²) in [5.41, 5.74) is 0. The predicted molar refractivity (Wildman–Crippen MR) is 43.8 cm³/mol. The molecule has 0 saturated carbocycles. The second-order valence-electron chi connectivity index (χ2n) is 3.28. The Labute approximate surface area is 68.4 Å². The molecule has 0 aliphatic carbocycles. The third-order valence-electron chi connectivity index (χ3n) is 1.64. The fourth-order valence-corrected chi connectivity index (χ4v) is 0.858. The fourth-order valence-electron chi connectivity index (χ4n) is 0.732. The molecule has 2 atom stereocenters. The summed E-state index contributed by atoms with van der Waals surface area (Å²) in [6, 6.07) is 0. The van der Waals surface area contributed by atoms with Crippen molar-refractivity contribution in [2.75, 3.05) is 5.88 Å². The van der Waals surface area contributed by atoms with Gasteiger partial charge in [-0.2, -0.15) is 0 Å². The lowest BCUT2D eigenvalue weighted by atomic mass is 9.97. The number of halogens is 1. The van der Waals surface area contributed by atoms with Crippen LogP contribution in [0.2, 0.25) is 0 Å². The maximum atomic E-state index is 11.1. The van der Waals surface area contributed by atoms with Crippen LogP contribution in [0, 0.1) is 11.8 Å². The molecule has 0 aromatic heterocycles. The third kappa shape index (κ3) is 4.13. The maximum absolute atomic E-state index is 11.1. The monoisotopic (exact) mass is 163 g/mol. The van der Waals surface area contributed by atoms with Gasteiger partial charge in [0, 0.05) is 5.88 Å². The Morgan fingerprint density at radius 2 is 1.80 bits per heavy atom. The van der Waals surface area contributed by atoms with Crippen molar-refractivity contribution in [1.29, 1.82) is 0 Å². The normalized spacial score (nSPS) is 17.4. The molecule has 2 heteroatoms. The van der Waals surface area contributed by atoms with E-state index in [9.17, 15) is 5.11 Å². The summed E-state index contributed by atoms with van der Waals surface area (Å²) < 4.78 is 0. The molecule has 0 aromatic carbocycles. The largest absolute Gasteiger partial charge is 0.233 e. The van der Waals surface area contributed by atoms with E-state index in [-0.39, 0.29) is 5.92 Å². The van der Waals surface area contributed by atoms with E-state index in [4.69, 9.17) is 11.6 Å². The van der Waals surface area contributed by atoms with Crippen molar-refractivity contribution in [2.45, 2.75) is 33.3 Å². The molecule has 0 heterocycles. The average Bonchev–Trinajstić information content (AvgIpc) is 1.87. The minimum Gasteiger partial charge on any atom is -0.233 e. The zero-order valence-electron chi connectivity index (χ0n) is 6.93. The number of rotatable bonds is 4. The number of hydrogen-bond acceptors (Lipinski definition) is 0. The molecular weight excluding hydrogens is 148 g/mol. The zero-order valence-corrected chi connectivity index (χ0v) is 7.69. The van der Waals surface area contributed by atoms with Crippen LogP contribution in [-0.2, 0) is 5.11 Å². The van der Waals surface area contributed by atoms with Gasteiger partial charge in [-0.15, -0.1) is 11.6 Å². The van der Waals surface area contributed by atoms with Gasteiger partial charge in [0.05, 0.1) is 6.10 Å². The highest BCUT2D eigenvalue weighted by Crippen LogP contribution is 2.14. The molecule has 2 unspecified atom stereocenters. The highest BCUT2D eigenvalue weighted by atomic mass is 35.5. The molecule has 0 aliphatic heterocycles. The summed E-state index contributed by atoms with van der Waals surface area (Å²) in [5, 5.41) is 11.1. The van der Waals surface area contributed by atoms with Gasteiger partial charge >= 0.3 is 0 Å². The molecule has 10 heavy (non-hydrogen) atoms. The summed E-state index contributed by atoms with van der Waals surface area (Å²) in [7, 11) is 0. The molecular formula is C8H16ClO. The van der Waals surface area contributed by atoms with Crippen LogP contribution < -0.4 is 0 Å². The smallest absolute Gasteiger partial charge is 0.0955 e. The van der Waals surface area contributed by atoms with E-state index in [0.29, 0.717) is 18.2 Å². The SMILES string of the molecule is CC(CCl)CC([O])C(C)C. The lowest BCUT2D eigenvalue weighted by molar-refractivity contribution is 0.0332. The van der Waals surface area contributed by atoms with E-state index in [1.54, 1.807) is 0 Å². The second kappa shape index (κ2) is 4.97. The highest BCUT2D eigenvalue weighted by Gasteiger charge is 2.14. The quantitative estimate of drug-likeness (QED) is 0.568. The molecule has 0 spiro atoms. The molecule has 0 amide bonds. The molecule has 0 aromatic rings. The van der Waals surface area contributed by atoms with Crippen LogP contribution in [0.5, 0.6) is 0 Å². The topological polar surface area (TPSA) is 19.9 Å². The van der Waals surface area contributed by atoms with E-state index in [1.807, 2.05) is 20.8 Å². The van der Waals surface area contributed by atoms with Crippen molar-refractivity contribution in [1.82, 2.24) is 0 Å². The maximum Gasteiger partial charge on any atom is 0.0955 e. The second-order valence-corrected chi connectivity index (χ2v) is 3.59. The van der Waals surface area contributed by atoms with Crippen LogP contribution in [0.4, 0.5) is 0 Å². The minimum absolute atomic E-state index is 0.241. The van der Waals surface area contributed by atoms with Crippen molar-refractivity contribution in [3.8, 4) is 0 Å². The van der Waals surface area contributed by atoms with Gasteiger partial charge in [-0.25, -0.2) is 5.11 Å². The average molecular weight is 164 g/mol. The molecule has 0 fully saturated rings. The van der Waals surface area contributed by atoms with Gasteiger partial charge < -0.3 is 0 Å². The molecule has 0 N–H and O–H groups in total. The fraction of sp³-hybridized carbons (Fsp3) is 1.00. The number of alkyl halides is 1. The van der Waals surface area contributed by atoms with E-state index in [1.165, 1.54) is 0 Å². The summed E-state index contributed by atoms with van der Waals surface area (Å²) in [4.78, 5) is 0. The Balaban J connectivity index is 3.46. The van der Waals surface area contributed by atoms with Crippen molar-refractivity contribution >= 4 is 11.6 Å². The third-order valence-corrected chi connectivity index (χ3v) is 2.17. The Bertz CT molecular complexity index is 83.3. The molecule has 1 radical (unpaired) electrons. The van der Waals surface area contributed by atoms with Crippen LogP contribution in [-0.4, -0.2) is 12.0 Å². The molecule has 0 bridgehead atoms. The van der Waals surface area contributed by atoms with Gasteiger partial charge in [0.1, 0.15) is 0 Å². The Kier molecular flexibility index (Phi) is 5.10. The first kappa shape index (κ1) is 10.2. The van der Waals surface area contributed by atoms with Crippen molar-refractivity contribution < 1.29 is 5.11 Å². The molecule has 0 aliphatic rings. The Morgan fingerprint density at radius 3 is 2.10 bits per heavy atom. The van der Waals surface area contributed by atoms with E-state index < -0.39 is 6.10 Å². The van der Waals surface area contributed by atoms with Crippen LogP contribution in [0.1, 0.15) is 27.2 Å². The summed E-state index contributed by atoms with van der Waals surface area (Å²) in [6.45, 7) is 5.93. The Hall–Kier alpha value is 0.250. The predicted octanol–water partition coefficient (Wildman–Crippen LogP) is 2.71. The van der Waals surface area contributed by atoms with Crippen molar-refractivity contribution in [3.05, 3.63) is 0 Å². The first-order chi connectivity index (χ1) is 4.57. The standard InChI is InChI=1S/C8H16ClO/c1-6(2)8(10)4-7(3)5-9/h6-8H,4-5H2,1-3H3. The molecule has 61 valence electrons. The van der Waals surface area contributed by atoms with E-state index in [2.05, 4.69) is 0 Å². The number of hydrogen-bond donors (Lipinski definition) is 0. The van der Waals surface area contributed by atoms with Crippen LogP contribution in [0.25, 0.3) is 0 Å². The lowest BCUT2D eigenvalue weighted by Gasteiger charge is -2.14. The van der Waals surface area contributed by atoms with Crippen LogP contribution in [0.3, 0.4) is 0 Å². The zero-order chi connectivity index (χ0) is 8.15. The first-order valence-electron chi connectivity index (χ1n) is 3.79. The van der Waals surface area contributed by atoms with Gasteiger partial charge in [0.2, 0.25) is 0 Å². The minimum atomic E-state index is -0.436. The van der Waals surface area contributed by atoms with Gasteiger partial charge in [0.15, 0.2) is 0 Å². The summed E-state index contributed by atoms with van der Waals surface area (Å²) in [6.07, 6.45) is 0.273. The molecule has 1 nitrogen and oxygen atoms in total. The highest BCUT2D eigenvalue weighted by molar-refractivity contribution is 6.18. The van der Waals surface area contributed by atoms with Gasteiger partial charge in [0.25, 0.3) is 0 Å². The van der Waals surface area contributed by atoms with Crippen molar-refractivity contribution in [2.24, 2.45) is 11.8 Å². The molecule has 0 saturated heterocycles. The van der Waals surface area contributed by atoms with Crippen LogP contribution in [0.15, 0.2) is 0 Å². The Morgan fingerprint density at radius 1 is 1.30 bits per heavy atom. The van der Waals surface area contributed by atoms with E-state index in [0.717, 1.165) is 0 Å². The van der Waals surface area contributed by atoms with Crippen LogP contribution >= 0.6 is 11.6 Å². The van der Waals surface area contributed by atoms with Gasteiger partial charge in [-0.05, 0) is 18.3 Å². The van der Waals surface area contributed by atoms with E-state index >= 15 is 0 Å². The molecule has 0 rings (SSSR count). The van der Waals surface area contributed by atoms with Gasteiger partial charge in [-0.3, -0.25) is 0 Å². The first-order valence-corrected chi connectivity index (χ1v) is 4.33. The summed E-state index contributed by atoms with van der Waals surface area (Å²) in [5.74, 6) is 1.21.